The third-order valence-corrected chi connectivity index (χ3v) is 4.27. The van der Waals surface area contributed by atoms with E-state index in [2.05, 4.69) is 24.6 Å². The smallest absolute Gasteiger partial charge is 0.322 e. The summed E-state index contributed by atoms with van der Waals surface area (Å²) >= 11 is 1.69. The normalized spacial score (nSPS) is 22.8. The van der Waals surface area contributed by atoms with Crippen LogP contribution in [0.25, 0.3) is 0 Å². The molecule has 0 bridgehead atoms. The lowest BCUT2D eigenvalue weighted by molar-refractivity contribution is 0.204. The fraction of sp³-hybridized carbons (Fsp3) is 0.583. The van der Waals surface area contributed by atoms with Crippen LogP contribution in [0.1, 0.15) is 33.1 Å². The molecule has 0 aromatic carbocycles. The number of urea groups is 1. The van der Waals surface area contributed by atoms with Crippen molar-refractivity contribution in [3.05, 3.63) is 21.6 Å². The van der Waals surface area contributed by atoms with Crippen molar-refractivity contribution in [3.8, 4) is 0 Å². The Labute approximate surface area is 101 Å². The van der Waals surface area contributed by atoms with Crippen LogP contribution in [0.3, 0.4) is 0 Å². The molecule has 0 spiro atoms. The second-order valence-corrected chi connectivity index (χ2v) is 5.26. The van der Waals surface area contributed by atoms with Gasteiger partial charge in [-0.25, -0.2) is 4.79 Å². The molecule has 1 saturated heterocycles. The first-order valence-corrected chi connectivity index (χ1v) is 6.64. The number of amides is 2. The monoisotopic (exact) mass is 238 g/mol. The number of nitrogens with one attached hydrogen (secondary N) is 1. The number of nitrogens with zero attached hydrogens (tertiary/aromatic N) is 1. The number of hydrogen-bond acceptors (Lipinski definition) is 2. The van der Waals surface area contributed by atoms with Gasteiger partial charge in [-0.3, -0.25) is 4.90 Å². The Bertz CT molecular complexity index is 360. The molecule has 2 aliphatic rings. The minimum Gasteiger partial charge on any atom is -0.338 e. The molecule has 1 N–H and O–H groups in total. The van der Waals surface area contributed by atoms with Crippen LogP contribution in [0.15, 0.2) is 21.6 Å². The molecule has 0 atom stereocenters. The first-order valence-electron chi connectivity index (χ1n) is 5.76. The predicted molar refractivity (Wildman–Crippen MR) is 68.0 cm³/mol. The molecule has 16 heavy (non-hydrogen) atoms. The summed E-state index contributed by atoms with van der Waals surface area (Å²) in [6.45, 7) is 5.94. The molecular weight excluding hydrogens is 220 g/mol. The van der Waals surface area contributed by atoms with E-state index in [1.807, 2.05) is 4.90 Å². The summed E-state index contributed by atoms with van der Waals surface area (Å²) in [4.78, 5) is 13.7. The maximum Gasteiger partial charge on any atom is 0.322 e. The van der Waals surface area contributed by atoms with Gasteiger partial charge in [0.05, 0.1) is 5.03 Å². The summed E-state index contributed by atoms with van der Waals surface area (Å²) in [6, 6.07) is 0.0565. The van der Waals surface area contributed by atoms with Crippen molar-refractivity contribution in [2.75, 3.05) is 13.1 Å². The summed E-state index contributed by atoms with van der Waals surface area (Å²) in [5, 5.41) is 6.21. The van der Waals surface area contributed by atoms with Gasteiger partial charge in [0, 0.05) is 13.1 Å². The largest absolute Gasteiger partial charge is 0.338 e. The number of thioether (sulfide) groups is 1. The first-order chi connectivity index (χ1) is 7.68. The summed E-state index contributed by atoms with van der Waals surface area (Å²) < 4.78 is 0. The molecule has 2 aliphatic heterocycles. The maximum atomic E-state index is 11.8. The van der Waals surface area contributed by atoms with E-state index in [4.69, 9.17) is 0 Å². The number of rotatable bonds is 1. The van der Waals surface area contributed by atoms with Crippen LogP contribution < -0.4 is 5.32 Å². The van der Waals surface area contributed by atoms with Gasteiger partial charge in [0.1, 0.15) is 0 Å². The SMILES string of the molecule is CC1=CSC(N2CCCNC2=O)=C(C)CC1. The number of allylic oxidation sites excluding steroid dienone is 2. The van der Waals surface area contributed by atoms with E-state index in [1.54, 1.807) is 11.8 Å². The predicted octanol–water partition coefficient (Wildman–Crippen LogP) is 3.06. The Morgan fingerprint density at radius 1 is 1.38 bits per heavy atom. The fourth-order valence-electron chi connectivity index (χ4n) is 1.92. The summed E-state index contributed by atoms with van der Waals surface area (Å²) in [7, 11) is 0. The molecule has 0 unspecified atom stereocenters. The summed E-state index contributed by atoms with van der Waals surface area (Å²) in [5.74, 6) is 0. The van der Waals surface area contributed by atoms with E-state index in [0.29, 0.717) is 0 Å². The highest BCUT2D eigenvalue weighted by Crippen LogP contribution is 2.33. The Morgan fingerprint density at radius 3 is 2.94 bits per heavy atom. The van der Waals surface area contributed by atoms with Gasteiger partial charge in [-0.15, -0.1) is 0 Å². The van der Waals surface area contributed by atoms with Crippen molar-refractivity contribution in [3.63, 3.8) is 0 Å². The molecular formula is C12H18N2OS. The molecule has 0 aromatic rings. The van der Waals surface area contributed by atoms with Crippen LogP contribution in [0.2, 0.25) is 0 Å². The van der Waals surface area contributed by atoms with E-state index in [0.717, 1.165) is 37.4 Å². The molecule has 0 saturated carbocycles. The highest BCUT2D eigenvalue weighted by atomic mass is 32.2. The summed E-state index contributed by atoms with van der Waals surface area (Å²) in [5.41, 5.74) is 2.73. The van der Waals surface area contributed by atoms with Crippen molar-refractivity contribution in [1.29, 1.82) is 0 Å². The lowest BCUT2D eigenvalue weighted by atomic mass is 10.1. The molecule has 0 radical (unpaired) electrons. The molecule has 1 fully saturated rings. The highest BCUT2D eigenvalue weighted by molar-refractivity contribution is 8.05. The third-order valence-electron chi connectivity index (χ3n) is 2.96. The van der Waals surface area contributed by atoms with E-state index in [9.17, 15) is 4.79 Å². The zero-order valence-corrected chi connectivity index (χ0v) is 10.7. The average molecular weight is 238 g/mol. The van der Waals surface area contributed by atoms with Crippen LogP contribution in [0.4, 0.5) is 4.79 Å². The molecule has 2 heterocycles. The van der Waals surface area contributed by atoms with Crippen LogP contribution in [0, 0.1) is 0 Å². The van der Waals surface area contributed by atoms with E-state index < -0.39 is 0 Å². The second-order valence-electron chi connectivity index (χ2n) is 4.40. The Morgan fingerprint density at radius 2 is 2.19 bits per heavy atom. The molecule has 0 aromatic heterocycles. The van der Waals surface area contributed by atoms with E-state index in [-0.39, 0.29) is 6.03 Å². The van der Waals surface area contributed by atoms with Crippen LogP contribution in [-0.2, 0) is 0 Å². The molecule has 2 amide bonds. The fourth-order valence-corrected chi connectivity index (χ4v) is 2.96. The van der Waals surface area contributed by atoms with Gasteiger partial charge in [-0.05, 0) is 44.1 Å². The number of hydrogen-bond donors (Lipinski definition) is 1. The highest BCUT2D eigenvalue weighted by Gasteiger charge is 2.23. The molecule has 88 valence electrons. The van der Waals surface area contributed by atoms with Gasteiger partial charge >= 0.3 is 6.03 Å². The topological polar surface area (TPSA) is 32.3 Å². The van der Waals surface area contributed by atoms with Crippen molar-refractivity contribution in [1.82, 2.24) is 10.2 Å². The Kier molecular flexibility index (Phi) is 3.59. The van der Waals surface area contributed by atoms with Crippen molar-refractivity contribution >= 4 is 17.8 Å². The molecule has 0 aliphatic carbocycles. The minimum absolute atomic E-state index is 0.0565. The van der Waals surface area contributed by atoms with Gasteiger partial charge in [0.15, 0.2) is 0 Å². The van der Waals surface area contributed by atoms with Gasteiger partial charge in [0.2, 0.25) is 0 Å². The van der Waals surface area contributed by atoms with Crippen LogP contribution in [-0.4, -0.2) is 24.0 Å². The average Bonchev–Trinajstić information content (AvgIpc) is 2.43. The van der Waals surface area contributed by atoms with Crippen LogP contribution in [0.5, 0.6) is 0 Å². The molecule has 4 heteroatoms. The van der Waals surface area contributed by atoms with Gasteiger partial charge in [-0.2, -0.15) is 0 Å². The van der Waals surface area contributed by atoms with Crippen molar-refractivity contribution in [2.24, 2.45) is 0 Å². The van der Waals surface area contributed by atoms with Crippen molar-refractivity contribution in [2.45, 2.75) is 33.1 Å². The molecule has 2 rings (SSSR count). The lowest BCUT2D eigenvalue weighted by Crippen LogP contribution is -2.45. The third kappa shape index (κ3) is 2.43. The lowest BCUT2D eigenvalue weighted by Gasteiger charge is -2.29. The minimum atomic E-state index is 0.0565. The Balaban J connectivity index is 2.19. The second kappa shape index (κ2) is 4.95. The standard InChI is InChI=1S/C12H18N2OS/c1-9-4-5-10(2)11(16-8-9)14-7-3-6-13-12(14)15/h8H,3-7H2,1-2H3,(H,13,15). The maximum absolute atomic E-state index is 11.8. The molecule has 3 nitrogen and oxygen atoms in total. The van der Waals surface area contributed by atoms with Crippen LogP contribution >= 0.6 is 11.8 Å². The number of carbonyl (C=O) groups excluding carboxylic acids is 1. The van der Waals surface area contributed by atoms with Crippen molar-refractivity contribution < 1.29 is 4.79 Å². The summed E-state index contributed by atoms with van der Waals surface area (Å²) in [6.07, 6.45) is 3.21. The van der Waals surface area contributed by atoms with Gasteiger partial charge < -0.3 is 5.32 Å². The van der Waals surface area contributed by atoms with Gasteiger partial charge in [0.25, 0.3) is 0 Å². The van der Waals surface area contributed by atoms with Gasteiger partial charge in [-0.1, -0.05) is 17.3 Å². The quantitative estimate of drug-likeness (QED) is 0.761. The van der Waals surface area contributed by atoms with E-state index in [1.165, 1.54) is 11.1 Å². The zero-order valence-electron chi connectivity index (χ0n) is 9.88. The zero-order chi connectivity index (χ0) is 11.5. The Hall–Kier alpha value is -0.900. The van der Waals surface area contributed by atoms with E-state index >= 15 is 0 Å². The first kappa shape index (κ1) is 11.6. The number of carbonyl (C=O) groups is 1.